The van der Waals surface area contributed by atoms with E-state index in [1.165, 1.54) is 25.7 Å². The maximum absolute atomic E-state index is 11.4. The largest absolute Gasteiger partial charge is 0.381 e. The molecule has 1 amide bonds. The average Bonchev–Trinajstić information content (AvgIpc) is 1.80. The van der Waals surface area contributed by atoms with E-state index in [1.54, 1.807) is 0 Å². The second kappa shape index (κ2) is 3.10. The number of aliphatic hydroxyl groups is 1. The van der Waals surface area contributed by atoms with E-state index in [9.17, 15) is 14.7 Å². The molecule has 1 aliphatic heterocycles. The van der Waals surface area contributed by atoms with Crippen LogP contribution in [0, 0.1) is 5.92 Å². The van der Waals surface area contributed by atoms with Gasteiger partial charge in [-0.1, -0.05) is 0 Å². The molecule has 0 unspecified atom stereocenters. The topological polar surface area (TPSA) is 57.6 Å². The van der Waals surface area contributed by atoms with Crippen molar-refractivity contribution in [2.75, 3.05) is 13.1 Å². The molecule has 0 saturated carbocycles. The third kappa shape index (κ3) is 2.06. The predicted octanol–water partition coefficient (Wildman–Crippen LogP) is -0.195. The lowest BCUT2D eigenvalue weighted by molar-refractivity contribution is -0.156. The number of rotatable bonds is 2. The fraction of sp³-hybridized carbons (Fsp3) is 0.778. The number of ketones is 1. The minimum Gasteiger partial charge on any atom is -0.381 e. The maximum atomic E-state index is 11.4. The third-order valence-corrected chi connectivity index (χ3v) is 2.27. The normalized spacial score (nSPS) is 18.3. The summed E-state index contributed by atoms with van der Waals surface area (Å²) >= 11 is 0. The van der Waals surface area contributed by atoms with Gasteiger partial charge in [-0.2, -0.15) is 0 Å². The van der Waals surface area contributed by atoms with Crippen LogP contribution in [0.5, 0.6) is 0 Å². The van der Waals surface area contributed by atoms with Crippen LogP contribution in [-0.4, -0.2) is 40.4 Å². The molecule has 0 spiro atoms. The Morgan fingerprint density at radius 3 is 2.15 bits per heavy atom. The summed E-state index contributed by atoms with van der Waals surface area (Å²) in [7, 11) is 0. The molecule has 1 fully saturated rings. The van der Waals surface area contributed by atoms with Gasteiger partial charge in [-0.25, -0.2) is 0 Å². The minimum atomic E-state index is -1.32. The number of hydrogen-bond donors (Lipinski definition) is 1. The fourth-order valence-electron chi connectivity index (χ4n) is 1.29. The van der Waals surface area contributed by atoms with E-state index in [0.29, 0.717) is 13.1 Å². The molecular formula is C9H15NO3. The van der Waals surface area contributed by atoms with Crippen LogP contribution in [0.3, 0.4) is 0 Å². The molecular weight excluding hydrogens is 170 g/mol. The lowest BCUT2D eigenvalue weighted by Crippen LogP contribution is -2.57. The lowest BCUT2D eigenvalue weighted by Gasteiger charge is -2.40. The van der Waals surface area contributed by atoms with Crippen LogP contribution in [0.2, 0.25) is 0 Å². The number of carbonyl (C=O) groups excluding carboxylic acids is 2. The van der Waals surface area contributed by atoms with Crippen LogP contribution in [0.1, 0.15) is 20.8 Å². The van der Waals surface area contributed by atoms with Crippen molar-refractivity contribution >= 4 is 11.7 Å². The first kappa shape index (κ1) is 10.2. The van der Waals surface area contributed by atoms with E-state index in [-0.39, 0.29) is 17.6 Å². The fourth-order valence-corrected chi connectivity index (χ4v) is 1.29. The van der Waals surface area contributed by atoms with Gasteiger partial charge in [-0.3, -0.25) is 9.59 Å². The average molecular weight is 185 g/mol. The van der Waals surface area contributed by atoms with Crippen molar-refractivity contribution in [1.82, 2.24) is 4.90 Å². The Bertz CT molecular complexity index is 236. The molecule has 1 saturated heterocycles. The van der Waals surface area contributed by atoms with Gasteiger partial charge in [0.2, 0.25) is 0 Å². The Labute approximate surface area is 77.5 Å². The minimum absolute atomic E-state index is 0.0219. The molecule has 0 aromatic rings. The summed E-state index contributed by atoms with van der Waals surface area (Å²) in [5.41, 5.74) is -1.32. The zero-order chi connectivity index (χ0) is 10.2. The Morgan fingerprint density at radius 2 is 1.85 bits per heavy atom. The number of nitrogens with zero attached hydrogens (tertiary/aromatic N) is 1. The smallest absolute Gasteiger partial charge is 0.253 e. The molecule has 0 atom stereocenters. The van der Waals surface area contributed by atoms with E-state index >= 15 is 0 Å². The first-order chi connectivity index (χ1) is 5.82. The quantitative estimate of drug-likeness (QED) is 0.648. The Morgan fingerprint density at radius 1 is 1.38 bits per heavy atom. The second-order valence-electron chi connectivity index (χ2n) is 4.08. The Balaban J connectivity index is 2.44. The van der Waals surface area contributed by atoms with Gasteiger partial charge in [-0.05, 0) is 20.8 Å². The van der Waals surface area contributed by atoms with Crippen molar-refractivity contribution in [1.29, 1.82) is 0 Å². The number of amides is 1. The van der Waals surface area contributed by atoms with Gasteiger partial charge >= 0.3 is 0 Å². The van der Waals surface area contributed by atoms with Crippen LogP contribution in [0.4, 0.5) is 0 Å². The SMILES string of the molecule is CC(=O)C1CN(C(=O)C(C)(C)O)C1. The van der Waals surface area contributed by atoms with Crippen molar-refractivity contribution in [3.05, 3.63) is 0 Å². The Kier molecular flexibility index (Phi) is 2.43. The number of carbonyl (C=O) groups is 2. The molecule has 0 radical (unpaired) electrons. The van der Waals surface area contributed by atoms with Gasteiger partial charge in [0, 0.05) is 13.1 Å². The van der Waals surface area contributed by atoms with E-state index in [1.807, 2.05) is 0 Å². The predicted molar refractivity (Wildman–Crippen MR) is 47.0 cm³/mol. The molecule has 4 nitrogen and oxygen atoms in total. The van der Waals surface area contributed by atoms with Crippen molar-refractivity contribution in [2.24, 2.45) is 5.92 Å². The summed E-state index contributed by atoms with van der Waals surface area (Å²) in [5.74, 6) is -0.212. The number of likely N-dealkylation sites (tertiary alicyclic amines) is 1. The lowest BCUT2D eigenvalue weighted by atomic mass is 9.94. The zero-order valence-corrected chi connectivity index (χ0v) is 8.20. The van der Waals surface area contributed by atoms with Gasteiger partial charge in [0.25, 0.3) is 5.91 Å². The molecule has 1 rings (SSSR count). The van der Waals surface area contributed by atoms with E-state index in [4.69, 9.17) is 0 Å². The summed E-state index contributed by atoms with van der Waals surface area (Å²) in [6.45, 7) is 5.35. The Hall–Kier alpha value is -0.900. The molecule has 0 aromatic heterocycles. The van der Waals surface area contributed by atoms with Crippen LogP contribution in [0.15, 0.2) is 0 Å². The van der Waals surface area contributed by atoms with E-state index in [2.05, 4.69) is 0 Å². The molecule has 0 aromatic carbocycles. The highest BCUT2D eigenvalue weighted by molar-refractivity contribution is 5.88. The van der Waals surface area contributed by atoms with Crippen LogP contribution < -0.4 is 0 Å². The summed E-state index contributed by atoms with van der Waals surface area (Å²) < 4.78 is 0. The van der Waals surface area contributed by atoms with Crippen LogP contribution >= 0.6 is 0 Å². The van der Waals surface area contributed by atoms with Gasteiger partial charge in [0.1, 0.15) is 11.4 Å². The highest BCUT2D eigenvalue weighted by Gasteiger charge is 2.38. The molecule has 1 aliphatic rings. The van der Waals surface area contributed by atoms with Crippen molar-refractivity contribution in [3.8, 4) is 0 Å². The van der Waals surface area contributed by atoms with Gasteiger partial charge < -0.3 is 10.0 Å². The summed E-state index contributed by atoms with van der Waals surface area (Å²) in [4.78, 5) is 23.7. The summed E-state index contributed by atoms with van der Waals surface area (Å²) in [6, 6.07) is 0. The molecule has 74 valence electrons. The maximum Gasteiger partial charge on any atom is 0.253 e. The molecule has 0 bridgehead atoms. The van der Waals surface area contributed by atoms with E-state index in [0.717, 1.165) is 0 Å². The first-order valence-electron chi connectivity index (χ1n) is 4.34. The van der Waals surface area contributed by atoms with Crippen molar-refractivity contribution in [2.45, 2.75) is 26.4 Å². The summed E-state index contributed by atoms with van der Waals surface area (Å²) in [5, 5.41) is 9.37. The highest BCUT2D eigenvalue weighted by Crippen LogP contribution is 2.20. The van der Waals surface area contributed by atoms with Gasteiger partial charge in [0.05, 0.1) is 5.92 Å². The van der Waals surface area contributed by atoms with Crippen LogP contribution in [-0.2, 0) is 9.59 Å². The van der Waals surface area contributed by atoms with Crippen molar-refractivity contribution in [3.63, 3.8) is 0 Å². The monoisotopic (exact) mass is 185 g/mol. The zero-order valence-electron chi connectivity index (χ0n) is 8.20. The first-order valence-corrected chi connectivity index (χ1v) is 4.34. The molecule has 1 N–H and O–H groups in total. The second-order valence-corrected chi connectivity index (χ2v) is 4.08. The molecule has 0 aliphatic carbocycles. The van der Waals surface area contributed by atoms with Gasteiger partial charge in [-0.15, -0.1) is 0 Å². The third-order valence-electron chi connectivity index (χ3n) is 2.27. The highest BCUT2D eigenvalue weighted by atomic mass is 16.3. The number of Topliss-reactive ketones (excluding diaryl/α,β-unsaturated/α-hetero) is 1. The van der Waals surface area contributed by atoms with E-state index < -0.39 is 5.60 Å². The summed E-state index contributed by atoms with van der Waals surface area (Å²) in [6.07, 6.45) is 0. The van der Waals surface area contributed by atoms with Crippen LogP contribution in [0.25, 0.3) is 0 Å². The van der Waals surface area contributed by atoms with Crippen molar-refractivity contribution < 1.29 is 14.7 Å². The standard InChI is InChI=1S/C9H15NO3/c1-6(11)7-4-10(5-7)8(12)9(2,3)13/h7,13H,4-5H2,1-3H3. The molecule has 13 heavy (non-hydrogen) atoms. The molecule has 1 heterocycles. The molecule has 4 heteroatoms. The number of hydrogen-bond acceptors (Lipinski definition) is 3. The van der Waals surface area contributed by atoms with Gasteiger partial charge in [0.15, 0.2) is 0 Å².